The van der Waals surface area contributed by atoms with Gasteiger partial charge in [-0.1, -0.05) is 0 Å². The van der Waals surface area contributed by atoms with E-state index >= 15 is 0 Å². The topological polar surface area (TPSA) is 109 Å². The number of carbonyl (C=O) groups excluding carboxylic acids is 2. The van der Waals surface area contributed by atoms with Crippen LogP contribution in [0.25, 0.3) is 9.95 Å². The van der Waals surface area contributed by atoms with Crippen molar-refractivity contribution in [3.05, 3.63) is 9.95 Å². The average Bonchev–Trinajstić information content (AvgIpc) is 2.11. The quantitative estimate of drug-likeness (QED) is 0.349. The molecule has 0 bridgehead atoms. The van der Waals surface area contributed by atoms with Crippen LogP contribution in [0.1, 0.15) is 6.42 Å². The van der Waals surface area contributed by atoms with Crippen molar-refractivity contribution < 1.29 is 19.1 Å². The number of hydrogen-bond donors (Lipinski definition) is 0. The minimum Gasteiger partial charge on any atom is -0.387 e. The van der Waals surface area contributed by atoms with Crippen molar-refractivity contribution in [1.82, 2.24) is 0 Å². The van der Waals surface area contributed by atoms with Crippen molar-refractivity contribution >= 4 is 11.9 Å². The monoisotopic (exact) mass is 186 g/mol. The van der Waals surface area contributed by atoms with E-state index in [2.05, 4.69) is 19.4 Å². The first-order valence-electron chi connectivity index (χ1n) is 3.13. The summed E-state index contributed by atoms with van der Waals surface area (Å²) >= 11 is 0. The predicted octanol–water partition coefficient (Wildman–Crippen LogP) is 0.0841. The van der Waals surface area contributed by atoms with Gasteiger partial charge in [-0.05, 0) is 0 Å². The molecule has 8 nitrogen and oxygen atoms in total. The van der Waals surface area contributed by atoms with Gasteiger partial charge in [0.25, 0.3) is 0 Å². The summed E-state index contributed by atoms with van der Waals surface area (Å²) in [5.41, 5.74) is 0. The second kappa shape index (κ2) is 6.49. The van der Waals surface area contributed by atoms with Gasteiger partial charge in [0.1, 0.15) is 6.42 Å². The third-order valence-electron chi connectivity index (χ3n) is 0.855. The summed E-state index contributed by atoms with van der Waals surface area (Å²) in [5.74, 6) is -1.78. The standard InChI is InChI=1S/C5H6N4O4/c6-8-2-12-4(10)1-5(11)13-3-9-7/h1-3H2/q+2. The highest BCUT2D eigenvalue weighted by Gasteiger charge is 2.15. The van der Waals surface area contributed by atoms with Crippen LogP contribution in [0.5, 0.6) is 0 Å². The van der Waals surface area contributed by atoms with Gasteiger partial charge in [0.2, 0.25) is 10.8 Å². The van der Waals surface area contributed by atoms with Gasteiger partial charge >= 0.3 is 25.4 Å². The molecule has 0 spiro atoms. The molecule has 68 valence electrons. The maximum Gasteiger partial charge on any atom is 0.449 e. The lowest BCUT2D eigenvalue weighted by Gasteiger charge is -1.93. The maximum absolute atomic E-state index is 10.6. The zero-order valence-corrected chi connectivity index (χ0v) is 6.54. The third kappa shape index (κ3) is 6.19. The Kier molecular flexibility index (Phi) is 5.38. The summed E-state index contributed by atoms with van der Waals surface area (Å²) in [6, 6.07) is 0. The van der Waals surface area contributed by atoms with Gasteiger partial charge in [0.05, 0.1) is 0 Å². The summed E-state index contributed by atoms with van der Waals surface area (Å²) in [5, 5.41) is 15.7. The van der Waals surface area contributed by atoms with Crippen molar-refractivity contribution in [1.29, 1.82) is 10.8 Å². The van der Waals surface area contributed by atoms with Crippen LogP contribution >= 0.6 is 0 Å². The second-order valence-electron chi connectivity index (χ2n) is 1.75. The Morgan fingerprint density at radius 3 is 1.69 bits per heavy atom. The first kappa shape index (κ1) is 10.8. The molecule has 0 atom stereocenters. The minimum absolute atomic E-state index is 0.531. The van der Waals surface area contributed by atoms with Gasteiger partial charge in [-0.25, -0.2) is 0 Å². The van der Waals surface area contributed by atoms with E-state index in [0.717, 1.165) is 0 Å². The molecule has 0 aliphatic carbocycles. The zero-order valence-electron chi connectivity index (χ0n) is 6.54. The molecular weight excluding hydrogens is 180 g/mol. The highest BCUT2D eigenvalue weighted by atomic mass is 16.6. The van der Waals surface area contributed by atoms with Crippen LogP contribution in [0.2, 0.25) is 0 Å². The molecule has 0 fully saturated rings. The normalized spacial score (nSPS) is 7.85. The number of carbonyl (C=O) groups is 2. The number of esters is 2. The summed E-state index contributed by atoms with van der Waals surface area (Å²) < 4.78 is 8.38. The predicted molar refractivity (Wildman–Crippen MR) is 36.7 cm³/mol. The van der Waals surface area contributed by atoms with E-state index < -0.39 is 31.8 Å². The van der Waals surface area contributed by atoms with Crippen LogP contribution < -0.4 is 0 Å². The fraction of sp³-hybridized carbons (Fsp3) is 0.600. The van der Waals surface area contributed by atoms with E-state index in [1.54, 1.807) is 0 Å². The fourth-order valence-electron chi connectivity index (χ4n) is 0.422. The highest BCUT2D eigenvalue weighted by molar-refractivity contribution is 5.91. The zero-order chi connectivity index (χ0) is 10.1. The molecule has 0 aromatic carbocycles. The number of nitrogens with zero attached hydrogens (tertiary/aromatic N) is 4. The van der Waals surface area contributed by atoms with Crippen LogP contribution in [0.4, 0.5) is 0 Å². The molecule has 0 saturated heterocycles. The minimum atomic E-state index is -0.888. The molecule has 0 N–H and O–H groups in total. The third-order valence-corrected chi connectivity index (χ3v) is 0.855. The maximum atomic E-state index is 10.6. The van der Waals surface area contributed by atoms with Crippen molar-refractivity contribution in [3.8, 4) is 0 Å². The Morgan fingerprint density at radius 2 is 1.38 bits per heavy atom. The lowest BCUT2D eigenvalue weighted by Crippen LogP contribution is -2.13. The second-order valence-corrected chi connectivity index (χ2v) is 1.75. The molecule has 0 aromatic heterocycles. The summed E-state index contributed by atoms with van der Waals surface area (Å²) in [6.45, 7) is -1.06. The van der Waals surface area contributed by atoms with E-state index in [9.17, 15) is 9.59 Å². The van der Waals surface area contributed by atoms with Gasteiger partial charge < -0.3 is 9.47 Å². The highest BCUT2D eigenvalue weighted by Crippen LogP contribution is 1.91. The summed E-state index contributed by atoms with van der Waals surface area (Å²) in [6.07, 6.45) is -0.620. The lowest BCUT2D eigenvalue weighted by molar-refractivity contribution is -0.153. The van der Waals surface area contributed by atoms with Gasteiger partial charge in [-0.3, -0.25) is 9.59 Å². The van der Waals surface area contributed by atoms with Crippen molar-refractivity contribution in [2.45, 2.75) is 6.42 Å². The van der Waals surface area contributed by atoms with Crippen molar-refractivity contribution in [2.24, 2.45) is 0 Å². The Hall–Kier alpha value is -2.22. The van der Waals surface area contributed by atoms with Crippen molar-refractivity contribution in [3.63, 3.8) is 0 Å². The van der Waals surface area contributed by atoms with E-state index in [1.807, 2.05) is 0 Å². The Labute approximate surface area is 72.7 Å². The molecular formula is C5H6N4O4+2. The van der Waals surface area contributed by atoms with Gasteiger partial charge in [-0.2, -0.15) is 0 Å². The largest absolute Gasteiger partial charge is 0.449 e. The molecule has 0 saturated carbocycles. The first-order chi connectivity index (χ1) is 6.20. The number of rotatable bonds is 4. The fourth-order valence-corrected chi connectivity index (χ4v) is 0.422. The molecule has 0 unspecified atom stereocenters. The lowest BCUT2D eigenvalue weighted by atomic mass is 10.4. The Bertz CT molecular complexity index is 247. The van der Waals surface area contributed by atoms with Gasteiger partial charge in [0, 0.05) is 0 Å². The molecule has 0 aromatic rings. The van der Waals surface area contributed by atoms with Crippen LogP contribution in [0, 0.1) is 10.8 Å². The molecule has 8 heteroatoms. The van der Waals surface area contributed by atoms with Gasteiger partial charge in [-0.15, -0.1) is 0 Å². The number of ether oxygens (including phenoxy) is 2. The molecule has 0 radical (unpaired) electrons. The molecule has 0 aliphatic heterocycles. The summed E-state index contributed by atoms with van der Waals surface area (Å²) in [4.78, 5) is 26.2. The van der Waals surface area contributed by atoms with E-state index in [-0.39, 0.29) is 0 Å². The van der Waals surface area contributed by atoms with Crippen LogP contribution in [-0.4, -0.2) is 25.4 Å². The smallest absolute Gasteiger partial charge is 0.387 e. The van der Waals surface area contributed by atoms with Crippen molar-refractivity contribution in [2.75, 3.05) is 13.5 Å². The molecule has 13 heavy (non-hydrogen) atoms. The number of hydrogen-bond acceptors (Lipinski definition) is 6. The van der Waals surface area contributed by atoms with E-state index in [1.165, 1.54) is 0 Å². The SMILES string of the molecule is N#[N+]COC(=O)CC(=O)OC[N+]#N. The van der Waals surface area contributed by atoms with Crippen LogP contribution in [0.3, 0.4) is 0 Å². The van der Waals surface area contributed by atoms with E-state index in [4.69, 9.17) is 10.8 Å². The first-order valence-corrected chi connectivity index (χ1v) is 3.13. The number of diazo groups is 2. The average molecular weight is 186 g/mol. The Balaban J connectivity index is 3.62. The molecule has 0 heterocycles. The van der Waals surface area contributed by atoms with Gasteiger partial charge in [0.15, 0.2) is 9.95 Å². The molecule has 0 rings (SSSR count). The van der Waals surface area contributed by atoms with E-state index in [0.29, 0.717) is 0 Å². The molecule has 0 aliphatic rings. The Morgan fingerprint density at radius 1 is 1.00 bits per heavy atom. The van der Waals surface area contributed by atoms with Crippen LogP contribution in [-0.2, 0) is 19.1 Å². The summed E-state index contributed by atoms with van der Waals surface area (Å²) in [7, 11) is 0. The van der Waals surface area contributed by atoms with Crippen LogP contribution in [0.15, 0.2) is 0 Å². The molecule has 0 amide bonds.